The lowest BCUT2D eigenvalue weighted by atomic mass is 9.94. The third kappa shape index (κ3) is 3.72. The van der Waals surface area contributed by atoms with E-state index >= 15 is 0 Å². The van der Waals surface area contributed by atoms with Crippen molar-refractivity contribution in [3.63, 3.8) is 0 Å². The van der Waals surface area contributed by atoms with Crippen molar-refractivity contribution < 1.29 is 23.1 Å². The van der Waals surface area contributed by atoms with Crippen LogP contribution in [0, 0.1) is 0 Å². The number of aliphatic carboxylic acids is 1. The van der Waals surface area contributed by atoms with Gasteiger partial charge in [0.05, 0.1) is 0 Å². The van der Waals surface area contributed by atoms with Crippen molar-refractivity contribution in [2.75, 3.05) is 6.54 Å². The van der Waals surface area contributed by atoms with Crippen molar-refractivity contribution in [3.05, 3.63) is 35.4 Å². The molecule has 20 heavy (non-hydrogen) atoms. The average molecular weight is 287 g/mol. The Morgan fingerprint density at radius 2 is 1.95 bits per heavy atom. The van der Waals surface area contributed by atoms with Gasteiger partial charge in [0.1, 0.15) is 6.04 Å². The number of nitrogens with zero attached hydrogens (tertiary/aromatic N) is 1. The maximum Gasteiger partial charge on any atom is 0.389 e. The Hall–Kier alpha value is -1.56. The van der Waals surface area contributed by atoms with Crippen LogP contribution in [0.3, 0.4) is 0 Å². The first-order valence-electron chi connectivity index (χ1n) is 6.47. The zero-order chi connectivity index (χ0) is 14.8. The number of fused-ring (bicyclic) bond motifs is 1. The maximum absolute atomic E-state index is 12.2. The van der Waals surface area contributed by atoms with Crippen LogP contribution in [0.2, 0.25) is 0 Å². The van der Waals surface area contributed by atoms with Crippen LogP contribution in [0.1, 0.15) is 24.0 Å². The van der Waals surface area contributed by atoms with Crippen LogP contribution in [-0.4, -0.2) is 34.7 Å². The zero-order valence-electron chi connectivity index (χ0n) is 10.9. The fraction of sp³-hybridized carbons (Fsp3) is 0.500. The predicted octanol–water partition coefficient (Wildman–Crippen LogP) is 2.84. The summed E-state index contributed by atoms with van der Waals surface area (Å²) >= 11 is 0. The molecule has 110 valence electrons. The molecule has 0 radical (unpaired) electrons. The van der Waals surface area contributed by atoms with Crippen molar-refractivity contribution in [1.29, 1.82) is 0 Å². The Kier molecular flexibility index (Phi) is 4.32. The van der Waals surface area contributed by atoms with Crippen LogP contribution in [0.5, 0.6) is 0 Å². The molecular weight excluding hydrogens is 271 g/mol. The molecule has 0 saturated carbocycles. The van der Waals surface area contributed by atoms with E-state index in [2.05, 4.69) is 0 Å². The first-order chi connectivity index (χ1) is 9.37. The molecule has 1 aliphatic rings. The highest BCUT2D eigenvalue weighted by Gasteiger charge is 2.32. The molecule has 0 spiro atoms. The second-order valence-electron chi connectivity index (χ2n) is 5.02. The third-order valence-electron chi connectivity index (χ3n) is 3.54. The Morgan fingerprint density at radius 3 is 2.55 bits per heavy atom. The molecular formula is C14H16F3NO2. The van der Waals surface area contributed by atoms with Gasteiger partial charge in [-0.3, -0.25) is 9.69 Å². The van der Waals surface area contributed by atoms with Crippen LogP contribution in [0.25, 0.3) is 0 Å². The van der Waals surface area contributed by atoms with Gasteiger partial charge in [-0.2, -0.15) is 13.2 Å². The molecule has 1 aromatic rings. The molecule has 2 rings (SSSR count). The Bertz CT molecular complexity index is 488. The molecule has 0 aliphatic carbocycles. The van der Waals surface area contributed by atoms with E-state index in [1.807, 2.05) is 24.3 Å². The van der Waals surface area contributed by atoms with Gasteiger partial charge in [-0.05, 0) is 30.5 Å². The first kappa shape index (κ1) is 14.8. The van der Waals surface area contributed by atoms with E-state index in [9.17, 15) is 23.1 Å². The minimum Gasteiger partial charge on any atom is -0.480 e. The second-order valence-corrected chi connectivity index (χ2v) is 5.02. The molecule has 3 nitrogen and oxygen atoms in total. The Balaban J connectivity index is 2.05. The topological polar surface area (TPSA) is 40.5 Å². The lowest BCUT2D eigenvalue weighted by Gasteiger charge is -2.34. The van der Waals surface area contributed by atoms with Gasteiger partial charge in [0.25, 0.3) is 0 Å². The van der Waals surface area contributed by atoms with Crippen molar-refractivity contribution in [2.24, 2.45) is 0 Å². The summed E-state index contributed by atoms with van der Waals surface area (Å²) in [6.45, 7) is 0.538. The summed E-state index contributed by atoms with van der Waals surface area (Å²) in [7, 11) is 0. The number of hydrogen-bond donors (Lipinski definition) is 1. The van der Waals surface area contributed by atoms with E-state index in [4.69, 9.17) is 0 Å². The van der Waals surface area contributed by atoms with Crippen LogP contribution in [0.4, 0.5) is 13.2 Å². The fourth-order valence-electron chi connectivity index (χ4n) is 2.54. The molecule has 1 aromatic carbocycles. The van der Waals surface area contributed by atoms with Gasteiger partial charge in [0.2, 0.25) is 0 Å². The molecule has 0 unspecified atom stereocenters. The zero-order valence-corrected chi connectivity index (χ0v) is 10.9. The van der Waals surface area contributed by atoms with Gasteiger partial charge in [-0.25, -0.2) is 0 Å². The molecule has 0 amide bonds. The van der Waals surface area contributed by atoms with Gasteiger partial charge < -0.3 is 5.11 Å². The van der Waals surface area contributed by atoms with Crippen LogP contribution in [-0.2, 0) is 17.8 Å². The number of hydrogen-bond acceptors (Lipinski definition) is 2. The van der Waals surface area contributed by atoms with Gasteiger partial charge in [0, 0.05) is 13.0 Å². The van der Waals surface area contributed by atoms with Gasteiger partial charge in [-0.1, -0.05) is 24.3 Å². The molecule has 0 bridgehead atoms. The highest BCUT2D eigenvalue weighted by atomic mass is 19.4. The van der Waals surface area contributed by atoms with Gasteiger partial charge >= 0.3 is 12.1 Å². The van der Waals surface area contributed by atoms with E-state index < -0.39 is 24.6 Å². The highest BCUT2D eigenvalue weighted by molar-refractivity contribution is 5.74. The summed E-state index contributed by atoms with van der Waals surface area (Å²) in [5.41, 5.74) is 1.96. The molecule has 0 saturated heterocycles. The molecule has 0 fully saturated rings. The second kappa shape index (κ2) is 5.83. The number of alkyl halides is 3. The minimum atomic E-state index is -4.19. The predicted molar refractivity (Wildman–Crippen MR) is 67.3 cm³/mol. The number of carboxylic acids is 1. The SMILES string of the molecule is O=C(O)[C@@H]1Cc2ccccc2CN1CCCC(F)(F)F. The number of rotatable bonds is 4. The molecule has 1 atom stereocenters. The largest absolute Gasteiger partial charge is 0.480 e. The van der Waals surface area contributed by atoms with Gasteiger partial charge in [-0.15, -0.1) is 0 Å². The molecule has 1 N–H and O–H groups in total. The first-order valence-corrected chi connectivity index (χ1v) is 6.47. The quantitative estimate of drug-likeness (QED) is 0.925. The minimum absolute atomic E-state index is 0.0740. The lowest BCUT2D eigenvalue weighted by molar-refractivity contribution is -0.145. The summed E-state index contributed by atoms with van der Waals surface area (Å²) in [6.07, 6.45) is -4.79. The van der Waals surface area contributed by atoms with Gasteiger partial charge in [0.15, 0.2) is 0 Å². The van der Waals surface area contributed by atoms with Crippen LogP contribution >= 0.6 is 0 Å². The van der Waals surface area contributed by atoms with E-state index in [-0.39, 0.29) is 13.0 Å². The lowest BCUT2D eigenvalue weighted by Crippen LogP contribution is -2.46. The summed E-state index contributed by atoms with van der Waals surface area (Å²) in [6, 6.07) is 6.73. The summed E-state index contributed by atoms with van der Waals surface area (Å²) in [5.74, 6) is -0.980. The van der Waals surface area contributed by atoms with E-state index in [0.717, 1.165) is 11.1 Å². The number of benzene rings is 1. The number of carbonyl (C=O) groups is 1. The summed E-state index contributed by atoms with van der Waals surface area (Å²) < 4.78 is 36.5. The Morgan fingerprint density at radius 1 is 1.30 bits per heavy atom. The highest BCUT2D eigenvalue weighted by Crippen LogP contribution is 2.26. The standard InChI is InChI=1S/C14H16F3NO2/c15-14(16,17)6-3-7-18-9-11-5-2-1-4-10(11)8-12(18)13(19)20/h1-2,4-5,12H,3,6-9H2,(H,19,20)/t12-/m0/s1. The van der Waals surface area contributed by atoms with Crippen molar-refractivity contribution in [1.82, 2.24) is 4.90 Å². The monoisotopic (exact) mass is 287 g/mol. The molecule has 1 heterocycles. The maximum atomic E-state index is 12.2. The summed E-state index contributed by atoms with van der Waals surface area (Å²) in [4.78, 5) is 12.9. The fourth-order valence-corrected chi connectivity index (χ4v) is 2.54. The number of carboxylic acid groups (broad SMARTS) is 1. The van der Waals surface area contributed by atoms with Crippen molar-refractivity contribution >= 4 is 5.97 Å². The van der Waals surface area contributed by atoms with Crippen molar-refractivity contribution in [3.8, 4) is 0 Å². The third-order valence-corrected chi connectivity index (χ3v) is 3.54. The van der Waals surface area contributed by atoms with Crippen LogP contribution in [0.15, 0.2) is 24.3 Å². The van der Waals surface area contributed by atoms with Crippen molar-refractivity contribution in [2.45, 2.75) is 38.0 Å². The molecule has 6 heteroatoms. The smallest absolute Gasteiger partial charge is 0.389 e. The normalized spacial score (nSPS) is 19.6. The molecule has 1 aliphatic heterocycles. The van der Waals surface area contributed by atoms with E-state index in [0.29, 0.717) is 13.0 Å². The van der Waals surface area contributed by atoms with E-state index in [1.54, 1.807) is 4.90 Å². The summed E-state index contributed by atoms with van der Waals surface area (Å²) in [5, 5.41) is 9.23. The number of halogens is 3. The van der Waals surface area contributed by atoms with E-state index in [1.165, 1.54) is 0 Å². The average Bonchev–Trinajstić information content (AvgIpc) is 2.36. The molecule has 0 aromatic heterocycles. The van der Waals surface area contributed by atoms with Crippen LogP contribution < -0.4 is 0 Å². The Labute approximate surface area is 115 Å².